The molecule has 0 aromatic heterocycles. The Balaban J connectivity index is 2.05. The molecule has 0 aliphatic heterocycles. The lowest BCUT2D eigenvalue weighted by atomic mass is 10.1. The first-order valence-electron chi connectivity index (χ1n) is 5.90. The van der Waals surface area contributed by atoms with E-state index in [9.17, 15) is 14.9 Å². The van der Waals surface area contributed by atoms with E-state index in [0.29, 0.717) is 12.0 Å². The fourth-order valence-corrected chi connectivity index (χ4v) is 2.15. The Morgan fingerprint density at radius 2 is 2.21 bits per heavy atom. The third-order valence-electron chi connectivity index (χ3n) is 3.15. The smallest absolute Gasteiger partial charge is 0.310 e. The molecule has 0 saturated carbocycles. The number of aliphatic carboxylic acids is 1. The second-order valence-electron chi connectivity index (χ2n) is 4.57. The molecule has 1 aromatic carbocycles. The summed E-state index contributed by atoms with van der Waals surface area (Å²) in [5.74, 6) is -1.29. The third kappa shape index (κ3) is 2.90. The van der Waals surface area contributed by atoms with Gasteiger partial charge in [0.25, 0.3) is 5.69 Å². The van der Waals surface area contributed by atoms with Gasteiger partial charge in [0, 0.05) is 23.4 Å². The van der Waals surface area contributed by atoms with Crippen LogP contribution in [0.3, 0.4) is 0 Å². The molecule has 0 heterocycles. The van der Waals surface area contributed by atoms with Gasteiger partial charge in [0.15, 0.2) is 0 Å². The molecule has 6 heteroatoms. The van der Waals surface area contributed by atoms with Crippen molar-refractivity contribution in [3.8, 4) is 0 Å². The van der Waals surface area contributed by atoms with Crippen molar-refractivity contribution in [1.82, 2.24) is 0 Å². The maximum absolute atomic E-state index is 10.8. The number of nitro benzene ring substituents is 1. The number of anilines is 1. The lowest BCUT2D eigenvalue weighted by molar-refractivity contribution is -0.385. The molecule has 0 amide bonds. The Bertz CT molecular complexity index is 554. The Hall–Kier alpha value is -2.37. The van der Waals surface area contributed by atoms with E-state index >= 15 is 0 Å². The summed E-state index contributed by atoms with van der Waals surface area (Å²) in [6.45, 7) is 1.67. The predicted octanol–water partition coefficient (Wildman–Crippen LogP) is 2.34. The fraction of sp³-hybridized carbons (Fsp3) is 0.308. The Morgan fingerprint density at radius 1 is 1.47 bits per heavy atom. The lowest BCUT2D eigenvalue weighted by Crippen LogP contribution is -2.18. The van der Waals surface area contributed by atoms with Crippen molar-refractivity contribution >= 4 is 17.3 Å². The van der Waals surface area contributed by atoms with Crippen molar-refractivity contribution in [1.29, 1.82) is 0 Å². The summed E-state index contributed by atoms with van der Waals surface area (Å²) < 4.78 is 0. The van der Waals surface area contributed by atoms with Gasteiger partial charge in [-0.05, 0) is 25.5 Å². The van der Waals surface area contributed by atoms with Crippen molar-refractivity contribution in [3.63, 3.8) is 0 Å². The molecule has 0 fully saturated rings. The molecule has 0 saturated heterocycles. The molecule has 1 aromatic rings. The van der Waals surface area contributed by atoms with Crippen LogP contribution in [0, 0.1) is 23.0 Å². The molecule has 1 aliphatic carbocycles. The number of benzene rings is 1. The first-order chi connectivity index (χ1) is 8.97. The molecule has 1 aliphatic rings. The summed E-state index contributed by atoms with van der Waals surface area (Å²) in [4.78, 5) is 21.1. The Morgan fingerprint density at radius 3 is 2.74 bits per heavy atom. The predicted molar refractivity (Wildman–Crippen MR) is 70.1 cm³/mol. The minimum Gasteiger partial charge on any atom is -0.481 e. The fourth-order valence-electron chi connectivity index (χ4n) is 2.15. The topological polar surface area (TPSA) is 92.5 Å². The Kier molecular flexibility index (Phi) is 3.50. The van der Waals surface area contributed by atoms with Gasteiger partial charge in [-0.2, -0.15) is 0 Å². The summed E-state index contributed by atoms with van der Waals surface area (Å²) in [5.41, 5.74) is 1.41. The highest BCUT2D eigenvalue weighted by atomic mass is 16.6. The van der Waals surface area contributed by atoms with Crippen LogP contribution in [0.15, 0.2) is 30.4 Å². The molecule has 2 rings (SSSR count). The SMILES string of the molecule is Cc1cc(NC2C=CC(C(=O)O)C2)ccc1[N+](=O)[O-]. The minimum atomic E-state index is -0.833. The quantitative estimate of drug-likeness (QED) is 0.493. The van der Waals surface area contributed by atoms with Crippen LogP contribution in [-0.4, -0.2) is 22.0 Å². The van der Waals surface area contributed by atoms with Crippen LogP contribution in [0.25, 0.3) is 0 Å². The number of carboxylic acids is 1. The van der Waals surface area contributed by atoms with Crippen molar-refractivity contribution < 1.29 is 14.8 Å². The van der Waals surface area contributed by atoms with Gasteiger partial charge >= 0.3 is 5.97 Å². The van der Waals surface area contributed by atoms with Gasteiger partial charge in [-0.15, -0.1) is 0 Å². The average Bonchev–Trinajstić information content (AvgIpc) is 2.77. The zero-order valence-electron chi connectivity index (χ0n) is 10.4. The molecule has 19 heavy (non-hydrogen) atoms. The van der Waals surface area contributed by atoms with E-state index in [1.54, 1.807) is 25.1 Å². The van der Waals surface area contributed by atoms with Crippen LogP contribution in [-0.2, 0) is 4.79 Å². The second-order valence-corrected chi connectivity index (χ2v) is 4.57. The van der Waals surface area contributed by atoms with E-state index < -0.39 is 16.8 Å². The van der Waals surface area contributed by atoms with Gasteiger partial charge in [0.2, 0.25) is 0 Å². The van der Waals surface area contributed by atoms with Crippen molar-refractivity contribution in [2.24, 2.45) is 5.92 Å². The molecule has 6 nitrogen and oxygen atoms in total. The van der Waals surface area contributed by atoms with Gasteiger partial charge in [0.05, 0.1) is 10.8 Å². The number of carboxylic acid groups (broad SMARTS) is 1. The van der Waals surface area contributed by atoms with E-state index in [1.807, 2.05) is 6.08 Å². The zero-order valence-corrected chi connectivity index (χ0v) is 10.4. The van der Waals surface area contributed by atoms with E-state index in [2.05, 4.69) is 5.32 Å². The largest absolute Gasteiger partial charge is 0.481 e. The van der Waals surface area contributed by atoms with Gasteiger partial charge in [-0.25, -0.2) is 0 Å². The highest BCUT2D eigenvalue weighted by molar-refractivity contribution is 5.73. The molecular weight excluding hydrogens is 248 g/mol. The van der Waals surface area contributed by atoms with Gasteiger partial charge < -0.3 is 10.4 Å². The van der Waals surface area contributed by atoms with E-state index in [4.69, 9.17) is 5.11 Å². The summed E-state index contributed by atoms with van der Waals surface area (Å²) in [6, 6.07) is 4.72. The highest BCUT2D eigenvalue weighted by Gasteiger charge is 2.24. The van der Waals surface area contributed by atoms with Crippen LogP contribution in [0.2, 0.25) is 0 Å². The lowest BCUT2D eigenvalue weighted by Gasteiger charge is -2.14. The maximum Gasteiger partial charge on any atom is 0.310 e. The number of carbonyl (C=O) groups is 1. The monoisotopic (exact) mass is 262 g/mol. The van der Waals surface area contributed by atoms with Crippen LogP contribution in [0.1, 0.15) is 12.0 Å². The first-order valence-corrected chi connectivity index (χ1v) is 5.90. The van der Waals surface area contributed by atoms with Crippen molar-refractivity contribution in [3.05, 3.63) is 46.0 Å². The van der Waals surface area contributed by atoms with Crippen LogP contribution < -0.4 is 5.32 Å². The average molecular weight is 262 g/mol. The van der Waals surface area contributed by atoms with Crippen molar-refractivity contribution in [2.75, 3.05) is 5.32 Å². The standard InChI is InChI=1S/C13H14N2O4/c1-8-6-10(4-5-12(8)15(18)19)14-11-3-2-9(7-11)13(16)17/h2-6,9,11,14H,7H2,1H3,(H,16,17). The molecule has 0 radical (unpaired) electrons. The number of rotatable bonds is 4. The summed E-state index contributed by atoms with van der Waals surface area (Å²) in [7, 11) is 0. The summed E-state index contributed by atoms with van der Waals surface area (Å²) in [6.07, 6.45) is 3.97. The number of hydrogen-bond donors (Lipinski definition) is 2. The van der Waals surface area contributed by atoms with Crippen LogP contribution >= 0.6 is 0 Å². The molecule has 100 valence electrons. The third-order valence-corrected chi connectivity index (χ3v) is 3.15. The normalized spacial score (nSPS) is 21.3. The molecule has 0 bridgehead atoms. The van der Waals surface area contributed by atoms with Gasteiger partial charge in [0.1, 0.15) is 0 Å². The molecule has 2 N–H and O–H groups in total. The van der Waals surface area contributed by atoms with Crippen LogP contribution in [0.5, 0.6) is 0 Å². The summed E-state index contributed by atoms with van der Waals surface area (Å²) in [5, 5.41) is 22.7. The summed E-state index contributed by atoms with van der Waals surface area (Å²) >= 11 is 0. The number of hydrogen-bond acceptors (Lipinski definition) is 4. The molecule has 2 atom stereocenters. The van der Waals surface area contributed by atoms with Crippen LogP contribution in [0.4, 0.5) is 11.4 Å². The van der Waals surface area contributed by atoms with Gasteiger partial charge in [-0.3, -0.25) is 14.9 Å². The minimum absolute atomic E-state index is 0.0537. The number of nitro groups is 1. The molecule has 0 spiro atoms. The number of aryl methyl sites for hydroxylation is 1. The highest BCUT2D eigenvalue weighted by Crippen LogP contribution is 2.25. The maximum atomic E-state index is 10.8. The first kappa shape index (κ1) is 13.1. The number of nitrogens with one attached hydrogen (secondary N) is 1. The van der Waals surface area contributed by atoms with Gasteiger partial charge in [-0.1, -0.05) is 12.2 Å². The van der Waals surface area contributed by atoms with E-state index in [0.717, 1.165) is 5.69 Å². The Labute approximate surface area is 109 Å². The molecule has 2 unspecified atom stereocenters. The second kappa shape index (κ2) is 5.09. The van der Waals surface area contributed by atoms with Crippen molar-refractivity contribution in [2.45, 2.75) is 19.4 Å². The van der Waals surface area contributed by atoms with E-state index in [-0.39, 0.29) is 11.7 Å². The number of nitrogens with zero attached hydrogens (tertiary/aromatic N) is 1. The van der Waals surface area contributed by atoms with E-state index in [1.165, 1.54) is 6.07 Å². The molecular formula is C13H14N2O4. The zero-order chi connectivity index (χ0) is 14.0.